The van der Waals surface area contributed by atoms with Crippen LogP contribution in [0.3, 0.4) is 0 Å². The molecule has 5 nitrogen and oxygen atoms in total. The van der Waals surface area contributed by atoms with Gasteiger partial charge in [0.25, 0.3) is 5.56 Å². The molecule has 0 amide bonds. The smallest absolute Gasteiger partial charge is 0.260 e. The summed E-state index contributed by atoms with van der Waals surface area (Å²) in [6.45, 7) is 3.06. The lowest BCUT2D eigenvalue weighted by molar-refractivity contribution is 0.171. The third-order valence-corrected chi connectivity index (χ3v) is 6.17. The SMILES string of the molecule is Cc1sc2nc(C(Cl)=Cc3ccc4c(c3)OCCO4)[nH]c(=O)c2c1-c1ccccc1. The molecule has 1 aliphatic rings. The zero-order valence-electron chi connectivity index (χ0n) is 16.1. The molecule has 1 N–H and O–H groups in total. The van der Waals surface area contributed by atoms with Gasteiger partial charge in [-0.3, -0.25) is 4.79 Å². The van der Waals surface area contributed by atoms with E-state index in [0.29, 0.717) is 45.8 Å². The number of nitrogens with zero attached hydrogens (tertiary/aromatic N) is 1. The van der Waals surface area contributed by atoms with Crippen LogP contribution in [0.1, 0.15) is 16.3 Å². The van der Waals surface area contributed by atoms with Gasteiger partial charge >= 0.3 is 0 Å². The molecule has 2 aromatic heterocycles. The minimum absolute atomic E-state index is 0.202. The number of nitrogens with one attached hydrogen (secondary N) is 1. The van der Waals surface area contributed by atoms with Gasteiger partial charge in [0, 0.05) is 10.4 Å². The van der Waals surface area contributed by atoms with Gasteiger partial charge in [-0.1, -0.05) is 48.0 Å². The van der Waals surface area contributed by atoms with Crippen LogP contribution in [0.15, 0.2) is 53.3 Å². The first-order valence-electron chi connectivity index (χ1n) is 9.46. The van der Waals surface area contributed by atoms with Crippen molar-refractivity contribution < 1.29 is 9.47 Å². The molecule has 30 heavy (non-hydrogen) atoms. The van der Waals surface area contributed by atoms with E-state index in [4.69, 9.17) is 21.1 Å². The average molecular weight is 437 g/mol. The number of rotatable bonds is 3. The fourth-order valence-corrected chi connectivity index (χ4v) is 4.81. The van der Waals surface area contributed by atoms with Crippen LogP contribution < -0.4 is 15.0 Å². The number of thiophene rings is 1. The van der Waals surface area contributed by atoms with E-state index in [0.717, 1.165) is 21.6 Å². The first kappa shape index (κ1) is 18.9. The summed E-state index contributed by atoms with van der Waals surface area (Å²) in [5.74, 6) is 1.73. The van der Waals surface area contributed by atoms with Crippen LogP contribution in [-0.2, 0) is 0 Å². The second-order valence-electron chi connectivity index (χ2n) is 6.89. The minimum atomic E-state index is -0.202. The zero-order valence-corrected chi connectivity index (χ0v) is 17.6. The summed E-state index contributed by atoms with van der Waals surface area (Å²) in [4.78, 5) is 22.1. The van der Waals surface area contributed by atoms with Crippen LogP contribution in [0.4, 0.5) is 0 Å². The molecule has 0 fully saturated rings. The van der Waals surface area contributed by atoms with Gasteiger partial charge in [-0.15, -0.1) is 11.3 Å². The lowest BCUT2D eigenvalue weighted by Crippen LogP contribution is -2.15. The monoisotopic (exact) mass is 436 g/mol. The third kappa shape index (κ3) is 3.38. The molecule has 4 aromatic rings. The molecule has 0 spiro atoms. The lowest BCUT2D eigenvalue weighted by Gasteiger charge is -2.18. The Labute approximate surface area is 181 Å². The first-order valence-corrected chi connectivity index (χ1v) is 10.7. The Morgan fingerprint density at radius 2 is 1.90 bits per heavy atom. The van der Waals surface area contributed by atoms with E-state index < -0.39 is 0 Å². The van der Waals surface area contributed by atoms with E-state index in [9.17, 15) is 4.79 Å². The summed E-state index contributed by atoms with van der Waals surface area (Å²) >= 11 is 8.01. The minimum Gasteiger partial charge on any atom is -0.486 e. The molecule has 150 valence electrons. The fraction of sp³-hybridized carbons (Fsp3) is 0.130. The van der Waals surface area contributed by atoms with Gasteiger partial charge in [0.15, 0.2) is 17.3 Å². The Morgan fingerprint density at radius 1 is 1.13 bits per heavy atom. The van der Waals surface area contributed by atoms with E-state index in [1.165, 1.54) is 11.3 Å². The molecular weight excluding hydrogens is 420 g/mol. The Hall–Kier alpha value is -3.09. The predicted molar refractivity (Wildman–Crippen MR) is 122 cm³/mol. The number of aromatic nitrogens is 2. The Morgan fingerprint density at radius 3 is 2.70 bits per heavy atom. The number of H-pyrrole nitrogens is 1. The number of halogens is 1. The van der Waals surface area contributed by atoms with Crippen molar-refractivity contribution in [3.8, 4) is 22.6 Å². The normalized spacial score (nSPS) is 13.6. The summed E-state index contributed by atoms with van der Waals surface area (Å²) in [5, 5.41) is 0.939. The summed E-state index contributed by atoms with van der Waals surface area (Å²) in [6, 6.07) is 15.5. The Kier molecular flexibility index (Phi) is 4.81. The number of hydrogen-bond donors (Lipinski definition) is 1. The zero-order chi connectivity index (χ0) is 20.7. The molecule has 7 heteroatoms. The maximum absolute atomic E-state index is 12.9. The predicted octanol–water partition coefficient (Wildman–Crippen LogP) is 5.47. The van der Waals surface area contributed by atoms with E-state index in [1.54, 1.807) is 6.08 Å². The summed E-state index contributed by atoms with van der Waals surface area (Å²) in [7, 11) is 0. The van der Waals surface area contributed by atoms with E-state index in [2.05, 4.69) is 9.97 Å². The number of aromatic amines is 1. The van der Waals surface area contributed by atoms with Crippen molar-refractivity contribution in [2.75, 3.05) is 13.2 Å². The number of hydrogen-bond acceptors (Lipinski definition) is 5. The van der Waals surface area contributed by atoms with Crippen molar-refractivity contribution in [3.63, 3.8) is 0 Å². The molecule has 2 aromatic carbocycles. The molecule has 0 radical (unpaired) electrons. The van der Waals surface area contributed by atoms with Gasteiger partial charge in [-0.05, 0) is 36.3 Å². The Balaban J connectivity index is 1.57. The second kappa shape index (κ2) is 7.63. The quantitative estimate of drug-likeness (QED) is 0.462. The van der Waals surface area contributed by atoms with Crippen LogP contribution in [0, 0.1) is 6.92 Å². The van der Waals surface area contributed by atoms with Crippen LogP contribution >= 0.6 is 22.9 Å². The van der Waals surface area contributed by atoms with Crippen molar-refractivity contribution in [1.82, 2.24) is 9.97 Å². The molecule has 3 heterocycles. The number of aryl methyl sites for hydroxylation is 1. The van der Waals surface area contributed by atoms with Crippen molar-refractivity contribution in [2.24, 2.45) is 0 Å². The summed E-state index contributed by atoms with van der Waals surface area (Å²) in [5.41, 5.74) is 2.55. The first-order chi connectivity index (χ1) is 14.6. The van der Waals surface area contributed by atoms with Gasteiger partial charge in [0.1, 0.15) is 18.0 Å². The summed E-state index contributed by atoms with van der Waals surface area (Å²) < 4.78 is 11.2. The van der Waals surface area contributed by atoms with Crippen LogP contribution in [0.2, 0.25) is 0 Å². The van der Waals surface area contributed by atoms with Gasteiger partial charge in [0.05, 0.1) is 10.4 Å². The largest absolute Gasteiger partial charge is 0.486 e. The number of benzene rings is 2. The molecule has 0 saturated carbocycles. The van der Waals surface area contributed by atoms with Gasteiger partial charge in [-0.25, -0.2) is 4.98 Å². The van der Waals surface area contributed by atoms with E-state index in [-0.39, 0.29) is 5.56 Å². The Bertz CT molecular complexity index is 1340. The highest BCUT2D eigenvalue weighted by Crippen LogP contribution is 2.36. The number of fused-ring (bicyclic) bond motifs is 2. The van der Waals surface area contributed by atoms with Crippen LogP contribution in [0.5, 0.6) is 11.5 Å². The molecule has 1 aliphatic heterocycles. The van der Waals surface area contributed by atoms with Gasteiger partial charge < -0.3 is 14.5 Å². The highest BCUT2D eigenvalue weighted by Gasteiger charge is 2.17. The topological polar surface area (TPSA) is 64.2 Å². The van der Waals surface area contributed by atoms with Gasteiger partial charge in [-0.2, -0.15) is 0 Å². The average Bonchev–Trinajstić information content (AvgIpc) is 3.10. The van der Waals surface area contributed by atoms with Crippen molar-refractivity contribution in [3.05, 3.63) is 75.1 Å². The van der Waals surface area contributed by atoms with E-state index >= 15 is 0 Å². The van der Waals surface area contributed by atoms with Crippen molar-refractivity contribution in [1.29, 1.82) is 0 Å². The van der Waals surface area contributed by atoms with Gasteiger partial charge in [0.2, 0.25) is 0 Å². The second-order valence-corrected chi connectivity index (χ2v) is 8.50. The third-order valence-electron chi connectivity index (χ3n) is 4.89. The molecule has 0 aliphatic carbocycles. The lowest BCUT2D eigenvalue weighted by atomic mass is 10.0. The number of ether oxygens (including phenoxy) is 2. The molecular formula is C23H17ClN2O3S. The van der Waals surface area contributed by atoms with E-state index in [1.807, 2.05) is 55.5 Å². The molecule has 0 atom stereocenters. The molecule has 5 rings (SSSR count). The van der Waals surface area contributed by atoms with Crippen molar-refractivity contribution in [2.45, 2.75) is 6.92 Å². The maximum Gasteiger partial charge on any atom is 0.260 e. The highest BCUT2D eigenvalue weighted by molar-refractivity contribution is 7.19. The molecule has 0 bridgehead atoms. The summed E-state index contributed by atoms with van der Waals surface area (Å²) in [6.07, 6.45) is 1.75. The fourth-order valence-electron chi connectivity index (χ4n) is 3.55. The van der Waals surface area contributed by atoms with Crippen LogP contribution in [-0.4, -0.2) is 23.2 Å². The highest BCUT2D eigenvalue weighted by atomic mass is 35.5. The van der Waals surface area contributed by atoms with Crippen molar-refractivity contribution >= 4 is 44.3 Å². The maximum atomic E-state index is 12.9. The standard InChI is InChI=1S/C23H17ClN2O3S/c1-13-19(15-5-3-2-4-6-15)20-22(27)25-21(26-23(20)30-13)16(24)11-14-7-8-17-18(12-14)29-10-9-28-17/h2-8,11-12H,9-10H2,1H3,(H,25,26,27). The van der Waals surface area contributed by atoms with Crippen LogP contribution in [0.25, 0.3) is 32.5 Å². The molecule has 0 saturated heterocycles. The molecule has 0 unspecified atom stereocenters.